The van der Waals surface area contributed by atoms with Crippen LogP contribution in [0.4, 0.5) is 0 Å². The molecule has 1 fully saturated rings. The van der Waals surface area contributed by atoms with E-state index in [9.17, 15) is 4.79 Å². The zero-order chi connectivity index (χ0) is 14.1. The first-order valence-corrected chi connectivity index (χ1v) is 6.47. The van der Waals surface area contributed by atoms with Gasteiger partial charge < -0.3 is 14.1 Å². The number of aromatic amines is 1. The van der Waals surface area contributed by atoms with Gasteiger partial charge in [-0.15, -0.1) is 0 Å². The molecule has 2 aromatic heterocycles. The summed E-state index contributed by atoms with van der Waals surface area (Å²) in [5.41, 5.74) is 2.50. The number of oxazole rings is 1. The molecule has 0 saturated carbocycles. The number of aromatic nitrogens is 3. The van der Waals surface area contributed by atoms with Crippen LogP contribution in [0, 0.1) is 13.8 Å². The molecule has 1 aliphatic rings. The molecule has 7 heteroatoms. The first kappa shape index (κ1) is 12.9. The minimum atomic E-state index is -0.178. The summed E-state index contributed by atoms with van der Waals surface area (Å²) >= 11 is 0. The zero-order valence-electron chi connectivity index (χ0n) is 11.4. The summed E-state index contributed by atoms with van der Waals surface area (Å²) in [5.74, 6) is 0.122. The number of rotatable bonds is 2. The van der Waals surface area contributed by atoms with E-state index in [1.165, 1.54) is 6.39 Å². The summed E-state index contributed by atoms with van der Waals surface area (Å²) in [6.07, 6.45) is 3.03. The number of nitrogens with zero attached hydrogens (tertiary/aromatic N) is 3. The van der Waals surface area contributed by atoms with Crippen LogP contribution in [0.1, 0.15) is 33.5 Å². The Hall–Kier alpha value is -2.15. The van der Waals surface area contributed by atoms with Gasteiger partial charge in [0.1, 0.15) is 0 Å². The third-order valence-corrected chi connectivity index (χ3v) is 3.53. The summed E-state index contributed by atoms with van der Waals surface area (Å²) in [5, 5.41) is 6.97. The molecule has 0 bridgehead atoms. The maximum atomic E-state index is 12.6. The number of hydrogen-bond donors (Lipinski definition) is 1. The first-order chi connectivity index (χ1) is 9.68. The van der Waals surface area contributed by atoms with Gasteiger partial charge in [-0.3, -0.25) is 9.89 Å². The highest BCUT2D eigenvalue weighted by atomic mass is 16.5. The summed E-state index contributed by atoms with van der Waals surface area (Å²) in [6, 6.07) is -0.178. The maximum Gasteiger partial charge on any atom is 0.292 e. The lowest BCUT2D eigenvalue weighted by atomic mass is 10.1. The van der Waals surface area contributed by atoms with E-state index in [0.717, 1.165) is 11.3 Å². The van der Waals surface area contributed by atoms with Gasteiger partial charge in [-0.2, -0.15) is 5.10 Å². The van der Waals surface area contributed by atoms with Gasteiger partial charge in [0, 0.05) is 6.54 Å². The van der Waals surface area contributed by atoms with Crippen molar-refractivity contribution in [2.45, 2.75) is 19.9 Å². The number of carbonyl (C=O) groups excluding carboxylic acids is 1. The van der Waals surface area contributed by atoms with Crippen LogP contribution in [0.3, 0.4) is 0 Å². The molecule has 7 nitrogen and oxygen atoms in total. The van der Waals surface area contributed by atoms with Gasteiger partial charge in [-0.25, -0.2) is 4.98 Å². The number of aryl methyl sites for hydroxylation is 2. The highest BCUT2D eigenvalue weighted by Gasteiger charge is 2.33. The molecule has 1 aliphatic heterocycles. The number of H-pyrrole nitrogens is 1. The molecule has 1 atom stereocenters. The van der Waals surface area contributed by atoms with Crippen LogP contribution in [0.5, 0.6) is 0 Å². The van der Waals surface area contributed by atoms with Gasteiger partial charge in [0.15, 0.2) is 6.39 Å². The lowest BCUT2D eigenvalue weighted by Gasteiger charge is -2.34. The molecule has 1 N–H and O–H groups in total. The molecule has 1 saturated heterocycles. The normalized spacial score (nSPS) is 19.3. The van der Waals surface area contributed by atoms with Crippen LogP contribution >= 0.6 is 0 Å². The minimum Gasteiger partial charge on any atom is -0.438 e. The zero-order valence-corrected chi connectivity index (χ0v) is 11.4. The van der Waals surface area contributed by atoms with Crippen LogP contribution in [-0.2, 0) is 4.74 Å². The van der Waals surface area contributed by atoms with E-state index in [4.69, 9.17) is 9.15 Å². The fraction of sp³-hybridized carbons (Fsp3) is 0.462. The van der Waals surface area contributed by atoms with Crippen LogP contribution in [-0.4, -0.2) is 45.7 Å². The molecule has 2 aromatic rings. The molecule has 0 spiro atoms. The molecule has 0 radical (unpaired) electrons. The van der Waals surface area contributed by atoms with Crippen LogP contribution in [0.15, 0.2) is 17.0 Å². The average molecular weight is 276 g/mol. The van der Waals surface area contributed by atoms with Crippen LogP contribution < -0.4 is 0 Å². The van der Waals surface area contributed by atoms with E-state index in [1.807, 2.05) is 6.92 Å². The Bertz CT molecular complexity index is 619. The molecule has 0 aliphatic carbocycles. The summed E-state index contributed by atoms with van der Waals surface area (Å²) in [6.45, 7) is 5.19. The van der Waals surface area contributed by atoms with Crippen molar-refractivity contribution >= 4 is 5.91 Å². The number of amides is 1. The van der Waals surface area contributed by atoms with E-state index in [0.29, 0.717) is 25.5 Å². The van der Waals surface area contributed by atoms with Crippen molar-refractivity contribution in [3.8, 4) is 0 Å². The van der Waals surface area contributed by atoms with Gasteiger partial charge in [0.2, 0.25) is 5.76 Å². The van der Waals surface area contributed by atoms with Gasteiger partial charge >= 0.3 is 0 Å². The Balaban J connectivity index is 1.92. The molecule has 1 amide bonds. The van der Waals surface area contributed by atoms with Crippen molar-refractivity contribution < 1.29 is 13.9 Å². The number of morpholine rings is 1. The molecular weight excluding hydrogens is 260 g/mol. The molecule has 3 heterocycles. The molecule has 1 unspecified atom stereocenters. The molecule has 0 aromatic carbocycles. The van der Waals surface area contributed by atoms with E-state index in [1.54, 1.807) is 18.0 Å². The Kier molecular flexibility index (Phi) is 3.27. The predicted molar refractivity (Wildman–Crippen MR) is 69.2 cm³/mol. The lowest BCUT2D eigenvalue weighted by Crippen LogP contribution is -2.43. The van der Waals surface area contributed by atoms with Crippen molar-refractivity contribution in [3.05, 3.63) is 35.3 Å². The Morgan fingerprint density at radius 3 is 3.00 bits per heavy atom. The maximum absolute atomic E-state index is 12.6. The van der Waals surface area contributed by atoms with Gasteiger partial charge in [0.25, 0.3) is 5.91 Å². The molecule has 3 rings (SSSR count). The van der Waals surface area contributed by atoms with Crippen molar-refractivity contribution in [2.75, 3.05) is 19.8 Å². The second-order valence-electron chi connectivity index (χ2n) is 4.82. The van der Waals surface area contributed by atoms with Crippen molar-refractivity contribution in [2.24, 2.45) is 0 Å². The second-order valence-corrected chi connectivity index (χ2v) is 4.82. The van der Waals surface area contributed by atoms with Crippen LogP contribution in [0.2, 0.25) is 0 Å². The molecular formula is C13H16N4O3. The smallest absolute Gasteiger partial charge is 0.292 e. The monoisotopic (exact) mass is 276 g/mol. The topological polar surface area (TPSA) is 84.2 Å². The van der Waals surface area contributed by atoms with E-state index < -0.39 is 0 Å². The predicted octanol–water partition coefficient (Wildman–Crippen LogP) is 1.23. The number of hydrogen-bond acceptors (Lipinski definition) is 5. The third-order valence-electron chi connectivity index (χ3n) is 3.53. The van der Waals surface area contributed by atoms with E-state index in [2.05, 4.69) is 15.2 Å². The SMILES string of the molecule is Cc1cn[nH]c1C1COCCN1C(=O)c1ocnc1C. The summed E-state index contributed by atoms with van der Waals surface area (Å²) in [7, 11) is 0. The van der Waals surface area contributed by atoms with Gasteiger partial charge in [0.05, 0.1) is 36.8 Å². The lowest BCUT2D eigenvalue weighted by molar-refractivity contribution is -0.00567. The number of carbonyl (C=O) groups is 1. The third kappa shape index (κ3) is 2.09. The quantitative estimate of drug-likeness (QED) is 0.891. The van der Waals surface area contributed by atoms with E-state index in [-0.39, 0.29) is 17.7 Å². The molecule has 20 heavy (non-hydrogen) atoms. The summed E-state index contributed by atoms with van der Waals surface area (Å²) in [4.78, 5) is 18.3. The van der Waals surface area contributed by atoms with E-state index >= 15 is 0 Å². The number of nitrogens with one attached hydrogen (secondary N) is 1. The largest absolute Gasteiger partial charge is 0.438 e. The average Bonchev–Trinajstić information content (AvgIpc) is 3.06. The first-order valence-electron chi connectivity index (χ1n) is 6.47. The molecule has 106 valence electrons. The van der Waals surface area contributed by atoms with Crippen molar-refractivity contribution in [3.63, 3.8) is 0 Å². The van der Waals surface area contributed by atoms with Crippen molar-refractivity contribution in [1.82, 2.24) is 20.1 Å². The summed E-state index contributed by atoms with van der Waals surface area (Å²) < 4.78 is 10.7. The highest BCUT2D eigenvalue weighted by Crippen LogP contribution is 2.27. The van der Waals surface area contributed by atoms with Gasteiger partial charge in [-0.05, 0) is 19.4 Å². The minimum absolute atomic E-state index is 0.165. The Labute approximate surface area is 115 Å². The van der Waals surface area contributed by atoms with Crippen molar-refractivity contribution in [1.29, 1.82) is 0 Å². The van der Waals surface area contributed by atoms with Crippen LogP contribution in [0.25, 0.3) is 0 Å². The standard InChI is InChI=1S/C13H16N4O3/c1-8-5-15-16-11(8)10-6-19-4-3-17(10)13(18)12-9(2)14-7-20-12/h5,7,10H,3-4,6H2,1-2H3,(H,15,16). The number of ether oxygens (including phenoxy) is 1. The fourth-order valence-electron chi connectivity index (χ4n) is 2.42. The van der Waals surface area contributed by atoms with Gasteiger partial charge in [-0.1, -0.05) is 0 Å². The Morgan fingerprint density at radius 1 is 1.50 bits per heavy atom. The highest BCUT2D eigenvalue weighted by molar-refractivity contribution is 5.92. The second kappa shape index (κ2) is 5.09. The fourth-order valence-corrected chi connectivity index (χ4v) is 2.42. The Morgan fingerprint density at radius 2 is 2.35 bits per heavy atom.